The minimum atomic E-state index is -4.36. The van der Waals surface area contributed by atoms with Gasteiger partial charge in [-0.25, -0.2) is 0 Å². The number of halogens is 3. The minimum absolute atomic E-state index is 0.0175. The third kappa shape index (κ3) is 4.27. The fourth-order valence-electron chi connectivity index (χ4n) is 3.27. The molecule has 7 heteroatoms. The predicted octanol–water partition coefficient (Wildman–Crippen LogP) is 2.70. The summed E-state index contributed by atoms with van der Waals surface area (Å²) < 4.78 is 48.9. The van der Waals surface area contributed by atoms with E-state index in [4.69, 9.17) is 9.47 Å². The van der Waals surface area contributed by atoms with Gasteiger partial charge in [0.15, 0.2) is 0 Å². The second-order valence-corrected chi connectivity index (χ2v) is 6.27. The molecule has 1 heterocycles. The van der Waals surface area contributed by atoms with Crippen molar-refractivity contribution in [2.24, 2.45) is 0 Å². The molecule has 4 nitrogen and oxygen atoms in total. The minimum Gasteiger partial charge on any atom is -0.373 e. The van der Waals surface area contributed by atoms with Crippen molar-refractivity contribution in [1.29, 1.82) is 0 Å². The molecule has 2 aliphatic rings. The zero-order chi connectivity index (χ0) is 17.2. The molecule has 1 saturated heterocycles. The van der Waals surface area contributed by atoms with Gasteiger partial charge in [0.25, 0.3) is 0 Å². The van der Waals surface area contributed by atoms with Crippen LogP contribution < -0.4 is 5.32 Å². The van der Waals surface area contributed by atoms with Gasteiger partial charge in [-0.1, -0.05) is 12.1 Å². The third-order valence-corrected chi connectivity index (χ3v) is 4.49. The number of fused-ring (bicyclic) bond motifs is 1. The Bertz CT molecular complexity index is 573. The quantitative estimate of drug-likeness (QED) is 0.918. The number of amides is 1. The average Bonchev–Trinajstić information content (AvgIpc) is 2.54. The summed E-state index contributed by atoms with van der Waals surface area (Å²) in [4.78, 5) is 12.1. The lowest BCUT2D eigenvalue weighted by atomic mass is 9.89. The van der Waals surface area contributed by atoms with Gasteiger partial charge in [0.2, 0.25) is 5.91 Å². The summed E-state index contributed by atoms with van der Waals surface area (Å²) in [5, 5.41) is 2.95. The molecule has 3 atom stereocenters. The van der Waals surface area contributed by atoms with Crippen molar-refractivity contribution in [1.82, 2.24) is 5.32 Å². The number of carbonyl (C=O) groups is 1. The van der Waals surface area contributed by atoms with Gasteiger partial charge in [0.1, 0.15) is 0 Å². The van der Waals surface area contributed by atoms with E-state index < -0.39 is 11.7 Å². The Balaban J connectivity index is 1.50. The Morgan fingerprint density at radius 2 is 1.75 bits per heavy atom. The van der Waals surface area contributed by atoms with Gasteiger partial charge in [0, 0.05) is 6.04 Å². The molecule has 1 amide bonds. The van der Waals surface area contributed by atoms with Crippen LogP contribution in [0.15, 0.2) is 24.3 Å². The monoisotopic (exact) mass is 343 g/mol. The van der Waals surface area contributed by atoms with Gasteiger partial charge < -0.3 is 14.8 Å². The second kappa shape index (κ2) is 7.11. The SMILES string of the molecule is O=C(Cc1ccc(C(F)(F)F)cc1)N[C@@H]1CC[C@H]2OCCO[C@H]2C1. The molecule has 132 valence electrons. The largest absolute Gasteiger partial charge is 0.416 e. The number of nitrogens with one attached hydrogen (secondary N) is 1. The van der Waals surface area contributed by atoms with Crippen LogP contribution in [0.2, 0.25) is 0 Å². The Kier molecular flexibility index (Phi) is 5.10. The molecule has 1 aromatic rings. The van der Waals surface area contributed by atoms with E-state index in [9.17, 15) is 18.0 Å². The maximum absolute atomic E-state index is 12.5. The standard InChI is InChI=1S/C17H20F3NO3/c18-17(19,20)12-3-1-11(2-4-12)9-16(22)21-13-5-6-14-15(10-13)24-8-7-23-14/h1-4,13-15H,5-10H2,(H,21,22)/t13-,14-,15+/m1/s1. The van der Waals surface area contributed by atoms with Crippen LogP contribution in [0, 0.1) is 0 Å². The summed E-state index contributed by atoms with van der Waals surface area (Å²) >= 11 is 0. The van der Waals surface area contributed by atoms with E-state index >= 15 is 0 Å². The van der Waals surface area contributed by atoms with Crippen LogP contribution in [0.4, 0.5) is 13.2 Å². The molecule has 0 bridgehead atoms. The van der Waals surface area contributed by atoms with Crippen LogP contribution >= 0.6 is 0 Å². The number of alkyl halides is 3. The smallest absolute Gasteiger partial charge is 0.373 e. The van der Waals surface area contributed by atoms with Crippen LogP contribution in [-0.4, -0.2) is 37.4 Å². The van der Waals surface area contributed by atoms with E-state index in [-0.39, 0.29) is 30.6 Å². The first kappa shape index (κ1) is 17.2. The summed E-state index contributed by atoms with van der Waals surface area (Å²) in [6.45, 7) is 1.19. The van der Waals surface area contributed by atoms with Crippen LogP contribution in [0.3, 0.4) is 0 Å². The lowest BCUT2D eigenvalue weighted by Crippen LogP contribution is -2.49. The van der Waals surface area contributed by atoms with E-state index in [1.165, 1.54) is 12.1 Å². The first-order valence-electron chi connectivity index (χ1n) is 8.10. The summed E-state index contributed by atoms with van der Waals surface area (Å²) in [5.41, 5.74) is -0.147. The average molecular weight is 343 g/mol. The summed E-state index contributed by atoms with van der Waals surface area (Å²) in [6.07, 6.45) is -1.78. The van der Waals surface area contributed by atoms with Gasteiger partial charge in [-0.3, -0.25) is 4.79 Å². The fourth-order valence-corrected chi connectivity index (χ4v) is 3.27. The lowest BCUT2D eigenvalue weighted by Gasteiger charge is -2.39. The van der Waals surface area contributed by atoms with Gasteiger partial charge >= 0.3 is 6.18 Å². The highest BCUT2D eigenvalue weighted by Gasteiger charge is 2.34. The number of carbonyl (C=O) groups excluding carboxylic acids is 1. The van der Waals surface area contributed by atoms with Crippen LogP contribution in [-0.2, 0) is 26.9 Å². The third-order valence-electron chi connectivity index (χ3n) is 4.49. The van der Waals surface area contributed by atoms with E-state index in [0.29, 0.717) is 25.2 Å². The number of hydrogen-bond acceptors (Lipinski definition) is 3. The second-order valence-electron chi connectivity index (χ2n) is 6.27. The van der Waals surface area contributed by atoms with E-state index in [2.05, 4.69) is 5.32 Å². The summed E-state index contributed by atoms with van der Waals surface area (Å²) in [6, 6.07) is 4.71. The Morgan fingerprint density at radius 1 is 1.08 bits per heavy atom. The molecule has 2 fully saturated rings. The topological polar surface area (TPSA) is 47.6 Å². The Morgan fingerprint density at radius 3 is 2.42 bits per heavy atom. The highest BCUT2D eigenvalue weighted by Crippen LogP contribution is 2.29. The van der Waals surface area contributed by atoms with Crippen LogP contribution in [0.5, 0.6) is 0 Å². The van der Waals surface area contributed by atoms with E-state index in [0.717, 1.165) is 25.0 Å². The van der Waals surface area contributed by atoms with E-state index in [1.807, 2.05) is 0 Å². The lowest BCUT2D eigenvalue weighted by molar-refractivity contribution is -0.158. The molecular formula is C17H20F3NO3. The van der Waals surface area contributed by atoms with Crippen LogP contribution in [0.1, 0.15) is 30.4 Å². The first-order chi connectivity index (χ1) is 11.4. The molecule has 24 heavy (non-hydrogen) atoms. The molecule has 0 unspecified atom stereocenters. The molecule has 0 radical (unpaired) electrons. The van der Waals surface area contributed by atoms with Crippen LogP contribution in [0.25, 0.3) is 0 Å². The Labute approximate surface area is 138 Å². The van der Waals surface area contributed by atoms with Crippen molar-refractivity contribution >= 4 is 5.91 Å². The van der Waals surface area contributed by atoms with Crippen molar-refractivity contribution in [3.8, 4) is 0 Å². The van der Waals surface area contributed by atoms with Gasteiger partial charge in [-0.05, 0) is 37.0 Å². The van der Waals surface area contributed by atoms with Gasteiger partial charge in [-0.2, -0.15) is 13.2 Å². The normalized spacial score (nSPS) is 27.4. The summed E-state index contributed by atoms with van der Waals surface area (Å²) in [5.74, 6) is -0.185. The van der Waals surface area contributed by atoms with Gasteiger partial charge in [-0.15, -0.1) is 0 Å². The van der Waals surface area contributed by atoms with Crippen molar-refractivity contribution in [2.75, 3.05) is 13.2 Å². The molecule has 1 saturated carbocycles. The number of rotatable bonds is 3. The Hall–Kier alpha value is -1.60. The van der Waals surface area contributed by atoms with Crippen molar-refractivity contribution in [3.05, 3.63) is 35.4 Å². The maximum Gasteiger partial charge on any atom is 0.416 e. The molecule has 0 aromatic heterocycles. The molecule has 1 aliphatic heterocycles. The molecule has 3 rings (SSSR count). The highest BCUT2D eigenvalue weighted by molar-refractivity contribution is 5.78. The van der Waals surface area contributed by atoms with Crippen molar-refractivity contribution < 1.29 is 27.4 Å². The number of ether oxygens (including phenoxy) is 2. The van der Waals surface area contributed by atoms with Gasteiger partial charge in [0.05, 0.1) is 37.4 Å². The highest BCUT2D eigenvalue weighted by atomic mass is 19.4. The molecule has 0 spiro atoms. The van der Waals surface area contributed by atoms with E-state index in [1.54, 1.807) is 0 Å². The van der Waals surface area contributed by atoms with Crippen molar-refractivity contribution in [3.63, 3.8) is 0 Å². The maximum atomic E-state index is 12.5. The molecule has 1 N–H and O–H groups in total. The number of hydrogen-bond donors (Lipinski definition) is 1. The van der Waals surface area contributed by atoms with Crippen molar-refractivity contribution in [2.45, 2.75) is 50.1 Å². The zero-order valence-electron chi connectivity index (χ0n) is 13.1. The fraction of sp³-hybridized carbons (Fsp3) is 0.588. The molecule has 1 aliphatic carbocycles. The molecular weight excluding hydrogens is 323 g/mol. The zero-order valence-corrected chi connectivity index (χ0v) is 13.1. The number of benzene rings is 1. The predicted molar refractivity (Wildman–Crippen MR) is 80.4 cm³/mol. The molecule has 1 aromatic carbocycles. The summed E-state index contributed by atoms with van der Waals surface area (Å²) in [7, 11) is 0. The first-order valence-corrected chi connectivity index (χ1v) is 8.10.